The number of hydrogen-bond acceptors (Lipinski definition) is 8. The molecule has 2 aliphatic heterocycles. The van der Waals surface area contributed by atoms with Gasteiger partial charge in [0.1, 0.15) is 6.54 Å². The molecular weight excluding hydrogens is 506 g/mol. The Bertz CT molecular complexity index is 1480. The van der Waals surface area contributed by atoms with E-state index in [1.165, 1.54) is 15.6 Å². The van der Waals surface area contributed by atoms with Crippen LogP contribution < -0.4 is 14.3 Å². The highest BCUT2D eigenvalue weighted by molar-refractivity contribution is 7.89. The van der Waals surface area contributed by atoms with Gasteiger partial charge in [-0.05, 0) is 31.9 Å². The molecule has 1 atom stereocenters. The van der Waals surface area contributed by atoms with E-state index in [1.807, 2.05) is 0 Å². The fourth-order valence-corrected chi connectivity index (χ4v) is 6.91. The van der Waals surface area contributed by atoms with Crippen LogP contribution >= 0.6 is 11.3 Å². The first-order valence-electron chi connectivity index (χ1n) is 11.6. The van der Waals surface area contributed by atoms with E-state index in [0.29, 0.717) is 41.2 Å². The van der Waals surface area contributed by atoms with Crippen LogP contribution in [0.3, 0.4) is 0 Å². The van der Waals surface area contributed by atoms with E-state index in [0.717, 1.165) is 4.70 Å². The number of esters is 1. The molecule has 0 saturated carbocycles. The minimum absolute atomic E-state index is 0.0539. The standard InChI is InChI=1S/C24H25N3O7S2/c1-2-32-22(28)14-27-18-11-19-20(34-15-33-19)12-21(18)35-24(27)25-23(29)16-7-6-10-26(13-16)36(30,31)17-8-4-3-5-9-17/h3-5,8-9,11-12,16H,2,6-7,10,13-15H2,1H3. The van der Waals surface area contributed by atoms with E-state index in [9.17, 15) is 18.0 Å². The molecule has 0 bridgehead atoms. The molecule has 190 valence electrons. The fraction of sp³-hybridized carbons (Fsp3) is 0.375. The van der Waals surface area contributed by atoms with E-state index in [-0.39, 0.29) is 31.4 Å². The number of hydrogen-bond donors (Lipinski definition) is 0. The van der Waals surface area contributed by atoms with Crippen molar-refractivity contribution in [2.75, 3.05) is 26.5 Å². The number of fused-ring (bicyclic) bond motifs is 2. The van der Waals surface area contributed by atoms with Gasteiger partial charge in [-0.15, -0.1) is 0 Å². The molecule has 0 N–H and O–H groups in total. The van der Waals surface area contributed by atoms with Gasteiger partial charge in [-0.25, -0.2) is 8.42 Å². The third kappa shape index (κ3) is 4.75. The number of ether oxygens (including phenoxy) is 3. The zero-order valence-electron chi connectivity index (χ0n) is 19.6. The van der Waals surface area contributed by atoms with Crippen molar-refractivity contribution in [2.24, 2.45) is 10.9 Å². The van der Waals surface area contributed by atoms with Crippen LogP contribution in [0, 0.1) is 5.92 Å². The predicted molar refractivity (Wildman–Crippen MR) is 131 cm³/mol. The number of carbonyl (C=O) groups is 2. The van der Waals surface area contributed by atoms with Crippen LogP contribution in [0.4, 0.5) is 0 Å². The molecule has 1 saturated heterocycles. The molecule has 1 fully saturated rings. The van der Waals surface area contributed by atoms with Gasteiger partial charge in [0.2, 0.25) is 16.8 Å². The van der Waals surface area contributed by atoms with Crippen molar-refractivity contribution in [3.63, 3.8) is 0 Å². The van der Waals surface area contributed by atoms with Gasteiger partial charge in [-0.1, -0.05) is 29.5 Å². The minimum Gasteiger partial charge on any atom is -0.465 e. The first kappa shape index (κ1) is 24.5. The van der Waals surface area contributed by atoms with Gasteiger partial charge in [-0.2, -0.15) is 9.30 Å². The Labute approximate surface area is 211 Å². The average Bonchev–Trinajstić information content (AvgIpc) is 3.47. The number of aromatic nitrogens is 1. The summed E-state index contributed by atoms with van der Waals surface area (Å²) in [5.41, 5.74) is 0.667. The highest BCUT2D eigenvalue weighted by Gasteiger charge is 2.33. The summed E-state index contributed by atoms with van der Waals surface area (Å²) in [4.78, 5) is 30.5. The summed E-state index contributed by atoms with van der Waals surface area (Å²) in [5.74, 6) is -0.340. The smallest absolute Gasteiger partial charge is 0.326 e. The van der Waals surface area contributed by atoms with Crippen molar-refractivity contribution in [1.82, 2.24) is 8.87 Å². The van der Waals surface area contributed by atoms with Crippen molar-refractivity contribution in [1.29, 1.82) is 0 Å². The Balaban J connectivity index is 1.47. The molecule has 5 rings (SSSR count). The van der Waals surface area contributed by atoms with Crippen LogP contribution in [0.25, 0.3) is 10.2 Å². The Kier molecular flexibility index (Phi) is 6.82. The van der Waals surface area contributed by atoms with Gasteiger partial charge in [0.05, 0.1) is 27.6 Å². The zero-order valence-corrected chi connectivity index (χ0v) is 21.2. The normalized spacial score (nSPS) is 18.5. The predicted octanol–water partition coefficient (Wildman–Crippen LogP) is 2.52. The SMILES string of the molecule is CCOC(=O)Cn1c(=NC(=O)C2CCCN(S(=O)(=O)c3ccccc3)C2)sc2cc3c(cc21)OCO3. The van der Waals surface area contributed by atoms with Gasteiger partial charge >= 0.3 is 5.97 Å². The number of amides is 1. The van der Waals surface area contributed by atoms with Gasteiger partial charge < -0.3 is 18.8 Å². The van der Waals surface area contributed by atoms with E-state index >= 15 is 0 Å². The lowest BCUT2D eigenvalue weighted by Gasteiger charge is -2.30. The number of piperidine rings is 1. The molecule has 0 spiro atoms. The molecule has 10 nitrogen and oxygen atoms in total. The molecule has 12 heteroatoms. The lowest BCUT2D eigenvalue weighted by molar-refractivity contribution is -0.143. The Hall–Kier alpha value is -3.22. The summed E-state index contributed by atoms with van der Waals surface area (Å²) in [6.07, 6.45) is 1.08. The van der Waals surface area contributed by atoms with Gasteiger partial charge in [0.25, 0.3) is 5.91 Å². The number of thiazole rings is 1. The van der Waals surface area contributed by atoms with Crippen LogP contribution in [0.1, 0.15) is 19.8 Å². The lowest BCUT2D eigenvalue weighted by Crippen LogP contribution is -2.42. The molecule has 3 heterocycles. The molecule has 3 aromatic rings. The quantitative estimate of drug-likeness (QED) is 0.449. The molecule has 0 aliphatic carbocycles. The average molecular weight is 532 g/mol. The summed E-state index contributed by atoms with van der Waals surface area (Å²) >= 11 is 1.25. The second-order valence-corrected chi connectivity index (χ2v) is 11.4. The molecule has 1 amide bonds. The highest BCUT2D eigenvalue weighted by Crippen LogP contribution is 2.37. The number of nitrogens with zero attached hydrogens (tertiary/aromatic N) is 3. The van der Waals surface area contributed by atoms with Crippen LogP contribution in [0.5, 0.6) is 11.5 Å². The summed E-state index contributed by atoms with van der Waals surface area (Å²) in [6.45, 7) is 2.34. The Morgan fingerprint density at radius 2 is 1.92 bits per heavy atom. The third-order valence-electron chi connectivity index (χ3n) is 6.09. The van der Waals surface area contributed by atoms with Gasteiger partial charge in [0, 0.05) is 25.2 Å². The first-order chi connectivity index (χ1) is 17.4. The highest BCUT2D eigenvalue weighted by atomic mass is 32.2. The number of rotatable bonds is 6. The van der Waals surface area contributed by atoms with E-state index in [2.05, 4.69) is 4.99 Å². The maximum atomic E-state index is 13.3. The molecule has 1 aromatic heterocycles. The molecule has 1 unspecified atom stereocenters. The zero-order chi connectivity index (χ0) is 25.3. The van der Waals surface area contributed by atoms with Crippen LogP contribution in [0.2, 0.25) is 0 Å². The maximum absolute atomic E-state index is 13.3. The lowest BCUT2D eigenvalue weighted by atomic mass is 9.99. The number of carbonyl (C=O) groups excluding carboxylic acids is 2. The third-order valence-corrected chi connectivity index (χ3v) is 9.01. The largest absolute Gasteiger partial charge is 0.465 e. The van der Waals surface area contributed by atoms with E-state index < -0.39 is 27.8 Å². The molecule has 36 heavy (non-hydrogen) atoms. The van der Waals surface area contributed by atoms with Crippen LogP contribution in [-0.2, 0) is 30.9 Å². The summed E-state index contributed by atoms with van der Waals surface area (Å²) in [6, 6.07) is 11.7. The second kappa shape index (κ2) is 10.0. The van der Waals surface area contributed by atoms with Gasteiger partial charge in [-0.3, -0.25) is 9.59 Å². The number of benzene rings is 2. The molecular formula is C24H25N3O7S2. The topological polar surface area (TPSA) is 116 Å². The van der Waals surface area contributed by atoms with Crippen molar-refractivity contribution < 1.29 is 32.2 Å². The van der Waals surface area contributed by atoms with E-state index in [1.54, 1.807) is 54.0 Å². The maximum Gasteiger partial charge on any atom is 0.326 e. The summed E-state index contributed by atoms with van der Waals surface area (Å²) in [5, 5.41) is 0. The fourth-order valence-electron chi connectivity index (χ4n) is 4.32. The van der Waals surface area contributed by atoms with Crippen molar-refractivity contribution in [3.05, 3.63) is 47.3 Å². The van der Waals surface area contributed by atoms with Crippen LogP contribution in [0.15, 0.2) is 52.4 Å². The summed E-state index contributed by atoms with van der Waals surface area (Å²) in [7, 11) is -3.71. The van der Waals surface area contributed by atoms with Crippen molar-refractivity contribution in [3.8, 4) is 11.5 Å². The second-order valence-electron chi connectivity index (χ2n) is 8.41. The van der Waals surface area contributed by atoms with Crippen molar-refractivity contribution in [2.45, 2.75) is 31.2 Å². The molecule has 0 radical (unpaired) electrons. The Morgan fingerprint density at radius 1 is 1.17 bits per heavy atom. The van der Waals surface area contributed by atoms with Crippen molar-refractivity contribution >= 4 is 43.5 Å². The van der Waals surface area contributed by atoms with E-state index in [4.69, 9.17) is 14.2 Å². The first-order valence-corrected chi connectivity index (χ1v) is 13.8. The molecule has 2 aliphatic rings. The minimum atomic E-state index is -3.71. The number of sulfonamides is 1. The van der Waals surface area contributed by atoms with Gasteiger partial charge in [0.15, 0.2) is 16.3 Å². The Morgan fingerprint density at radius 3 is 2.67 bits per heavy atom. The summed E-state index contributed by atoms with van der Waals surface area (Å²) < 4.78 is 45.9. The van der Waals surface area contributed by atoms with Crippen LogP contribution in [-0.4, -0.2) is 55.7 Å². The monoisotopic (exact) mass is 531 g/mol. The molecule has 2 aromatic carbocycles.